The minimum Gasteiger partial charge on any atom is -0.398 e. The number of benzene rings is 1. The predicted molar refractivity (Wildman–Crippen MR) is 55.6 cm³/mol. The summed E-state index contributed by atoms with van der Waals surface area (Å²) in [6, 6.07) is 4.67. The Labute approximate surface area is 91.0 Å². The smallest absolute Gasteiger partial charge is 0.181 e. The van der Waals surface area contributed by atoms with Gasteiger partial charge in [0.15, 0.2) is 5.78 Å². The Bertz CT molecular complexity index is 400. The van der Waals surface area contributed by atoms with Gasteiger partial charge in [0, 0.05) is 5.69 Å². The molecule has 5 heteroatoms. The summed E-state index contributed by atoms with van der Waals surface area (Å²) in [4.78, 5) is 11.3. The third-order valence-electron chi connectivity index (χ3n) is 1.65. The summed E-state index contributed by atoms with van der Waals surface area (Å²) in [7, 11) is 0. The lowest BCUT2D eigenvalue weighted by Gasteiger charge is -2.05. The van der Waals surface area contributed by atoms with E-state index >= 15 is 0 Å². The zero-order valence-corrected chi connectivity index (χ0v) is 8.56. The highest BCUT2D eigenvalue weighted by Crippen LogP contribution is 2.25. The second-order valence-electron chi connectivity index (χ2n) is 2.59. The zero-order chi connectivity index (χ0) is 10.7. The second kappa shape index (κ2) is 4.32. The van der Waals surface area contributed by atoms with Crippen molar-refractivity contribution >= 4 is 34.7 Å². The van der Waals surface area contributed by atoms with Crippen molar-refractivity contribution in [2.24, 2.45) is 0 Å². The van der Waals surface area contributed by atoms with Crippen molar-refractivity contribution in [1.82, 2.24) is 0 Å². The summed E-state index contributed by atoms with van der Waals surface area (Å²) in [6.07, 6.45) is 0. The van der Waals surface area contributed by atoms with Crippen molar-refractivity contribution < 1.29 is 4.79 Å². The standard InChI is InChI=1S/C9H6Cl2N2O/c10-3-8(14)9-6(11)1-5(4-12)2-7(9)13/h1-2H,3,13H2. The van der Waals surface area contributed by atoms with Crippen molar-refractivity contribution in [3.8, 4) is 6.07 Å². The fourth-order valence-corrected chi connectivity index (χ4v) is 1.52. The van der Waals surface area contributed by atoms with Gasteiger partial charge in [-0.1, -0.05) is 11.6 Å². The first-order valence-electron chi connectivity index (χ1n) is 3.68. The number of Topliss-reactive ketones (excluding diaryl/α,β-unsaturated/α-hetero) is 1. The molecule has 1 aromatic carbocycles. The minimum absolute atomic E-state index is 0.159. The number of hydrogen-bond donors (Lipinski definition) is 1. The molecule has 2 N–H and O–H groups in total. The topological polar surface area (TPSA) is 66.9 Å². The van der Waals surface area contributed by atoms with Gasteiger partial charge in [-0.3, -0.25) is 4.79 Å². The first-order chi connectivity index (χ1) is 6.60. The van der Waals surface area contributed by atoms with Gasteiger partial charge in [-0.15, -0.1) is 11.6 Å². The van der Waals surface area contributed by atoms with E-state index in [1.807, 2.05) is 6.07 Å². The van der Waals surface area contributed by atoms with Gasteiger partial charge in [0.2, 0.25) is 0 Å². The fraction of sp³-hybridized carbons (Fsp3) is 0.111. The molecule has 0 radical (unpaired) electrons. The van der Waals surface area contributed by atoms with Crippen molar-refractivity contribution in [1.29, 1.82) is 5.26 Å². The first kappa shape index (κ1) is 10.8. The summed E-state index contributed by atoms with van der Waals surface area (Å²) >= 11 is 11.2. The van der Waals surface area contributed by atoms with Crippen molar-refractivity contribution in [2.45, 2.75) is 0 Å². The number of rotatable bonds is 2. The summed E-state index contributed by atoms with van der Waals surface area (Å²) in [5.74, 6) is -0.533. The molecule has 72 valence electrons. The molecule has 0 bridgehead atoms. The lowest BCUT2D eigenvalue weighted by atomic mass is 10.1. The van der Waals surface area contributed by atoms with Crippen LogP contribution in [0.2, 0.25) is 5.02 Å². The van der Waals surface area contributed by atoms with E-state index in [1.165, 1.54) is 12.1 Å². The first-order valence-corrected chi connectivity index (χ1v) is 4.59. The number of ketones is 1. The molecule has 0 aliphatic rings. The van der Waals surface area contributed by atoms with E-state index in [0.29, 0.717) is 5.56 Å². The molecule has 0 unspecified atom stereocenters. The molecular weight excluding hydrogens is 223 g/mol. The predicted octanol–water partition coefficient (Wildman–Crippen LogP) is 2.22. The Morgan fingerprint density at radius 2 is 2.21 bits per heavy atom. The number of carbonyl (C=O) groups is 1. The number of nitrogens with two attached hydrogens (primary N) is 1. The third-order valence-corrected chi connectivity index (χ3v) is 2.19. The molecule has 0 atom stereocenters. The molecule has 0 aliphatic heterocycles. The van der Waals surface area contributed by atoms with Gasteiger partial charge in [-0.2, -0.15) is 5.26 Å². The van der Waals surface area contributed by atoms with Crippen LogP contribution < -0.4 is 5.73 Å². The second-order valence-corrected chi connectivity index (χ2v) is 3.27. The number of hydrogen-bond acceptors (Lipinski definition) is 3. The number of halogens is 2. The normalized spacial score (nSPS) is 9.50. The average molecular weight is 229 g/mol. The van der Waals surface area contributed by atoms with Crippen LogP contribution in [0, 0.1) is 11.3 Å². The molecule has 0 saturated carbocycles. The van der Waals surface area contributed by atoms with E-state index in [0.717, 1.165) is 0 Å². The van der Waals surface area contributed by atoms with E-state index in [-0.39, 0.29) is 27.9 Å². The maximum Gasteiger partial charge on any atom is 0.181 e. The van der Waals surface area contributed by atoms with Gasteiger partial charge in [0.25, 0.3) is 0 Å². The Morgan fingerprint density at radius 3 is 2.64 bits per heavy atom. The Kier molecular flexibility index (Phi) is 3.34. The van der Waals surface area contributed by atoms with Crippen LogP contribution in [0.4, 0.5) is 5.69 Å². The quantitative estimate of drug-likeness (QED) is 0.480. The SMILES string of the molecule is N#Cc1cc(N)c(C(=O)CCl)c(Cl)c1. The maximum absolute atomic E-state index is 11.3. The Hall–Kier alpha value is -1.24. The number of carbonyl (C=O) groups excluding carboxylic acids is 1. The molecule has 0 aliphatic carbocycles. The molecule has 3 nitrogen and oxygen atoms in total. The summed E-state index contributed by atoms with van der Waals surface area (Å²) in [6.45, 7) is 0. The van der Waals surface area contributed by atoms with E-state index in [1.54, 1.807) is 0 Å². The third kappa shape index (κ3) is 1.98. The van der Waals surface area contributed by atoms with Crippen LogP contribution in [0.5, 0.6) is 0 Å². The molecule has 0 spiro atoms. The minimum atomic E-state index is -0.348. The lowest BCUT2D eigenvalue weighted by Crippen LogP contribution is -2.06. The molecule has 0 aromatic heterocycles. The highest BCUT2D eigenvalue weighted by atomic mass is 35.5. The fourth-order valence-electron chi connectivity index (χ4n) is 1.05. The van der Waals surface area contributed by atoms with Crippen molar-refractivity contribution in [2.75, 3.05) is 11.6 Å². The number of alkyl halides is 1. The van der Waals surface area contributed by atoms with Gasteiger partial charge in [0.1, 0.15) is 0 Å². The van der Waals surface area contributed by atoms with Gasteiger partial charge in [0.05, 0.1) is 28.1 Å². The zero-order valence-electron chi connectivity index (χ0n) is 7.05. The van der Waals surface area contributed by atoms with E-state index in [2.05, 4.69) is 0 Å². The highest BCUT2D eigenvalue weighted by molar-refractivity contribution is 6.38. The summed E-state index contributed by atoms with van der Waals surface area (Å²) < 4.78 is 0. The van der Waals surface area contributed by atoms with Gasteiger partial charge in [-0.25, -0.2) is 0 Å². The van der Waals surface area contributed by atoms with Crippen LogP contribution >= 0.6 is 23.2 Å². The number of anilines is 1. The monoisotopic (exact) mass is 228 g/mol. The number of nitrogens with zero attached hydrogens (tertiary/aromatic N) is 1. The molecule has 1 rings (SSSR count). The van der Waals surface area contributed by atoms with Gasteiger partial charge >= 0.3 is 0 Å². The Morgan fingerprint density at radius 1 is 1.57 bits per heavy atom. The molecular formula is C9H6Cl2N2O. The van der Waals surface area contributed by atoms with Crippen LogP contribution in [0.1, 0.15) is 15.9 Å². The molecule has 0 heterocycles. The van der Waals surface area contributed by atoms with Crippen LogP contribution in [-0.2, 0) is 0 Å². The summed E-state index contributed by atoms with van der Waals surface area (Å²) in [5, 5.41) is 8.76. The number of nitrogen functional groups attached to an aromatic ring is 1. The van der Waals surface area contributed by atoms with E-state index in [9.17, 15) is 4.79 Å². The lowest BCUT2D eigenvalue weighted by molar-refractivity contribution is 0.102. The Balaban J connectivity index is 3.34. The van der Waals surface area contributed by atoms with Crippen LogP contribution in [0.3, 0.4) is 0 Å². The molecule has 0 fully saturated rings. The van der Waals surface area contributed by atoms with Crippen molar-refractivity contribution in [3.05, 3.63) is 28.3 Å². The average Bonchev–Trinajstić information content (AvgIpc) is 2.16. The van der Waals surface area contributed by atoms with Crippen molar-refractivity contribution in [3.63, 3.8) is 0 Å². The number of nitriles is 1. The van der Waals surface area contributed by atoms with E-state index in [4.69, 9.17) is 34.2 Å². The molecule has 1 aromatic rings. The molecule has 0 saturated heterocycles. The van der Waals surface area contributed by atoms with E-state index < -0.39 is 0 Å². The molecule has 14 heavy (non-hydrogen) atoms. The molecule has 0 amide bonds. The van der Waals surface area contributed by atoms with Crippen LogP contribution in [0.15, 0.2) is 12.1 Å². The largest absolute Gasteiger partial charge is 0.398 e. The maximum atomic E-state index is 11.3. The van der Waals surface area contributed by atoms with Gasteiger partial charge < -0.3 is 5.73 Å². The van der Waals surface area contributed by atoms with Crippen LogP contribution in [-0.4, -0.2) is 11.7 Å². The summed E-state index contributed by atoms with van der Waals surface area (Å²) in [5.41, 5.74) is 6.24. The highest BCUT2D eigenvalue weighted by Gasteiger charge is 2.14. The van der Waals surface area contributed by atoms with Crippen LogP contribution in [0.25, 0.3) is 0 Å². The van der Waals surface area contributed by atoms with Gasteiger partial charge in [-0.05, 0) is 12.1 Å².